The zero-order chi connectivity index (χ0) is 12.0. The molecular formula is C10H7HgNO4. The van der Waals surface area contributed by atoms with Crippen molar-refractivity contribution >= 4 is 15.0 Å². The number of ether oxygens (including phenoxy) is 1. The van der Waals surface area contributed by atoms with E-state index in [2.05, 4.69) is 4.74 Å². The Bertz CT molecular complexity index is 452. The van der Waals surface area contributed by atoms with Crippen LogP contribution in [0.5, 0.6) is 0 Å². The van der Waals surface area contributed by atoms with E-state index in [4.69, 9.17) is 7.91 Å². The summed E-state index contributed by atoms with van der Waals surface area (Å²) in [5.74, 6) is -1.05. The van der Waals surface area contributed by atoms with E-state index in [1.165, 1.54) is 13.2 Å². The van der Waals surface area contributed by atoms with Crippen LogP contribution in [0.2, 0.25) is 0 Å². The molecule has 0 saturated carbocycles. The molecule has 0 spiro atoms. The molecule has 6 heteroatoms. The first kappa shape index (κ1) is 12.7. The summed E-state index contributed by atoms with van der Waals surface area (Å²) < 4.78 is 9.95. The van der Waals surface area contributed by atoms with Gasteiger partial charge in [-0.2, -0.15) is 0 Å². The van der Waals surface area contributed by atoms with Gasteiger partial charge in [0.15, 0.2) is 0 Å². The molecule has 0 N–H and O–H groups in total. The van der Waals surface area contributed by atoms with Crippen LogP contribution in [0.3, 0.4) is 0 Å². The van der Waals surface area contributed by atoms with Crippen molar-refractivity contribution in [2.45, 2.75) is 6.92 Å². The summed E-state index contributed by atoms with van der Waals surface area (Å²) in [4.78, 5) is 22.0. The van der Waals surface area contributed by atoms with E-state index < -0.39 is 31.0 Å². The minimum atomic E-state index is -2.08. The van der Waals surface area contributed by atoms with Crippen LogP contribution >= 0.6 is 0 Å². The molecule has 16 heavy (non-hydrogen) atoms. The van der Waals surface area contributed by atoms with Gasteiger partial charge >= 0.3 is 105 Å². The topological polar surface area (TPSA) is 76.4 Å². The fraction of sp³-hybridized carbons (Fsp3) is 0.100. The summed E-state index contributed by atoms with van der Waals surface area (Å²) in [6, 6.07) is 6.69. The van der Waals surface area contributed by atoms with Gasteiger partial charge in [-0.1, -0.05) is 0 Å². The average molecular weight is 406 g/mol. The Morgan fingerprint density at radius 1 is 1.38 bits per heavy atom. The quantitative estimate of drug-likeness (QED) is 0.416. The molecule has 0 atom stereocenters. The van der Waals surface area contributed by atoms with Gasteiger partial charge in [-0.15, -0.1) is 0 Å². The Labute approximate surface area is 105 Å². The standard InChI is InChI=1S/C8H4NO2.C2H4O2.Hg/c9-6-11-8(10)7-4-2-1-3-5-7;1-2(3)4;/h1-4H;1H3,(H,3,4);/q;;+1/p-1. The summed E-state index contributed by atoms with van der Waals surface area (Å²) in [7, 11) is 0. The van der Waals surface area contributed by atoms with Crippen molar-refractivity contribution in [3.8, 4) is 6.26 Å². The third-order valence-electron chi connectivity index (χ3n) is 1.81. The van der Waals surface area contributed by atoms with Crippen LogP contribution in [-0.4, -0.2) is 11.9 Å². The maximum absolute atomic E-state index is 11.4. The van der Waals surface area contributed by atoms with Gasteiger partial charge in [0.2, 0.25) is 0 Å². The Balaban J connectivity index is 2.88. The molecule has 0 bridgehead atoms. The van der Waals surface area contributed by atoms with E-state index in [1.54, 1.807) is 24.3 Å². The number of hydrogen-bond donors (Lipinski definition) is 0. The molecule has 0 amide bonds. The third-order valence-corrected chi connectivity index (χ3v) is 7.55. The molecule has 1 aromatic rings. The van der Waals surface area contributed by atoms with Gasteiger partial charge in [-0.3, -0.25) is 0 Å². The van der Waals surface area contributed by atoms with Crippen molar-refractivity contribution in [1.29, 1.82) is 5.26 Å². The van der Waals surface area contributed by atoms with Crippen molar-refractivity contribution < 1.29 is 42.0 Å². The minimum absolute atomic E-state index is 0.312. The van der Waals surface area contributed by atoms with Gasteiger partial charge in [0.25, 0.3) is 0 Å². The van der Waals surface area contributed by atoms with Crippen molar-refractivity contribution in [1.82, 2.24) is 0 Å². The molecule has 0 saturated heterocycles. The average Bonchev–Trinajstić information content (AvgIpc) is 2.27. The predicted molar refractivity (Wildman–Crippen MR) is 48.9 cm³/mol. The molecule has 0 fully saturated rings. The van der Waals surface area contributed by atoms with E-state index in [1.807, 2.05) is 0 Å². The molecule has 0 aliphatic carbocycles. The predicted octanol–water partition coefficient (Wildman–Crippen LogP) is 0.510. The van der Waals surface area contributed by atoms with E-state index in [0.717, 1.165) is 3.07 Å². The van der Waals surface area contributed by atoms with Crippen LogP contribution in [0.4, 0.5) is 0 Å². The summed E-state index contributed by atoms with van der Waals surface area (Å²) in [6.07, 6.45) is 1.33. The van der Waals surface area contributed by atoms with Crippen molar-refractivity contribution in [3.05, 3.63) is 29.8 Å². The Morgan fingerprint density at radius 3 is 2.69 bits per heavy atom. The van der Waals surface area contributed by atoms with E-state index >= 15 is 0 Å². The number of benzene rings is 1. The normalized spacial score (nSPS) is 8.50. The zero-order valence-electron chi connectivity index (χ0n) is 8.60. The van der Waals surface area contributed by atoms with Crippen LogP contribution in [0, 0.1) is 11.5 Å². The Kier molecular flexibility index (Phi) is 4.93. The van der Waals surface area contributed by atoms with Gasteiger partial charge in [-0.05, 0) is 0 Å². The fourth-order valence-corrected chi connectivity index (χ4v) is 5.04. The molecule has 0 heterocycles. The molecule has 1 rings (SSSR count). The van der Waals surface area contributed by atoms with Crippen LogP contribution in [0.15, 0.2) is 24.3 Å². The number of rotatable bonds is 3. The summed E-state index contributed by atoms with van der Waals surface area (Å²) in [5, 5.41) is 8.25. The van der Waals surface area contributed by atoms with Crippen molar-refractivity contribution in [2.24, 2.45) is 0 Å². The number of nitrogens with zero attached hydrogens (tertiary/aromatic N) is 1. The van der Waals surface area contributed by atoms with Crippen LogP contribution in [0.1, 0.15) is 17.3 Å². The zero-order valence-corrected chi connectivity index (χ0v) is 14.1. The number of carbonyl (C=O) groups is 2. The number of hydrogen-bond acceptors (Lipinski definition) is 5. The van der Waals surface area contributed by atoms with Crippen LogP contribution < -0.4 is 3.07 Å². The first-order valence-corrected chi connectivity index (χ1v) is 9.46. The molecule has 0 radical (unpaired) electrons. The van der Waals surface area contributed by atoms with Gasteiger partial charge in [0.1, 0.15) is 0 Å². The third kappa shape index (κ3) is 3.63. The van der Waals surface area contributed by atoms with E-state index in [0.29, 0.717) is 5.56 Å². The molecule has 0 aromatic heterocycles. The van der Waals surface area contributed by atoms with E-state index in [9.17, 15) is 9.59 Å². The molecule has 78 valence electrons. The van der Waals surface area contributed by atoms with Crippen molar-refractivity contribution in [2.75, 3.05) is 0 Å². The van der Waals surface area contributed by atoms with Gasteiger partial charge in [0, 0.05) is 0 Å². The monoisotopic (exact) mass is 407 g/mol. The van der Waals surface area contributed by atoms with Crippen LogP contribution in [-0.2, 0) is 37.2 Å². The van der Waals surface area contributed by atoms with E-state index in [-0.39, 0.29) is 5.97 Å². The summed E-state index contributed by atoms with van der Waals surface area (Å²) in [6.45, 7) is 1.33. The maximum atomic E-state index is 11.4. The number of esters is 1. The summed E-state index contributed by atoms with van der Waals surface area (Å²) in [5.41, 5.74) is 0.312. The Morgan fingerprint density at radius 2 is 2.06 bits per heavy atom. The number of nitriles is 1. The molecule has 0 unspecified atom stereocenters. The molecule has 1 aromatic carbocycles. The van der Waals surface area contributed by atoms with Gasteiger partial charge in [0.05, 0.1) is 0 Å². The fourth-order valence-electron chi connectivity index (χ4n) is 1.12. The summed E-state index contributed by atoms with van der Waals surface area (Å²) >= 11 is -2.08. The first-order chi connectivity index (χ1) is 7.65. The number of carbonyl (C=O) groups excluding carboxylic acids is 2. The van der Waals surface area contributed by atoms with Crippen LogP contribution in [0.25, 0.3) is 0 Å². The second-order valence-corrected chi connectivity index (χ2v) is 8.12. The van der Waals surface area contributed by atoms with Gasteiger partial charge < -0.3 is 0 Å². The Hall–Kier alpha value is -1.41. The second-order valence-electron chi connectivity index (χ2n) is 2.92. The first-order valence-electron chi connectivity index (χ1n) is 4.46. The molecule has 0 aliphatic rings. The van der Waals surface area contributed by atoms with Crippen molar-refractivity contribution in [3.63, 3.8) is 0 Å². The SMILES string of the molecule is CC(=O)[O][Hg][c]1ccccc1C(=O)OC#N. The molecule has 0 aliphatic heterocycles. The second kappa shape index (κ2) is 6.23. The molecular weight excluding hydrogens is 399 g/mol. The van der Waals surface area contributed by atoms with Gasteiger partial charge in [-0.25, -0.2) is 0 Å². The molecule has 5 nitrogen and oxygen atoms in total.